The summed E-state index contributed by atoms with van der Waals surface area (Å²) in [6, 6.07) is 19.4. The van der Waals surface area contributed by atoms with Crippen LogP contribution in [0.1, 0.15) is 24.5 Å². The van der Waals surface area contributed by atoms with Crippen molar-refractivity contribution in [3.05, 3.63) is 71.8 Å². The van der Waals surface area contributed by atoms with Crippen LogP contribution in [0.3, 0.4) is 0 Å². The Labute approximate surface area is 118 Å². The van der Waals surface area contributed by atoms with Gasteiger partial charge in [-0.05, 0) is 11.1 Å². The highest BCUT2D eigenvalue weighted by molar-refractivity contribution is 6.10. The van der Waals surface area contributed by atoms with Gasteiger partial charge in [0, 0.05) is 6.42 Å². The molecular formula is C17H16N2O. The average molecular weight is 264 g/mol. The van der Waals surface area contributed by atoms with Crippen molar-refractivity contribution < 1.29 is 4.79 Å². The zero-order chi connectivity index (χ0) is 14.0. The van der Waals surface area contributed by atoms with Crippen molar-refractivity contribution in [2.45, 2.75) is 18.9 Å². The Morgan fingerprint density at radius 2 is 1.45 bits per heavy atom. The van der Waals surface area contributed by atoms with E-state index in [1.54, 1.807) is 0 Å². The van der Waals surface area contributed by atoms with Gasteiger partial charge >= 0.3 is 0 Å². The molecule has 3 heteroatoms. The lowest BCUT2D eigenvalue weighted by Gasteiger charge is -2.24. The first-order valence-corrected chi connectivity index (χ1v) is 6.78. The van der Waals surface area contributed by atoms with Gasteiger partial charge in [0.05, 0.1) is 0 Å². The van der Waals surface area contributed by atoms with Crippen LogP contribution in [0.25, 0.3) is 0 Å². The van der Waals surface area contributed by atoms with E-state index in [0.29, 0.717) is 6.42 Å². The summed E-state index contributed by atoms with van der Waals surface area (Å²) < 4.78 is 0. The van der Waals surface area contributed by atoms with Gasteiger partial charge in [0.1, 0.15) is 5.84 Å². The number of hydrogen-bond acceptors (Lipinski definition) is 2. The molecule has 3 nitrogen and oxygen atoms in total. The van der Waals surface area contributed by atoms with Gasteiger partial charge in [-0.25, -0.2) is 4.99 Å². The normalized spacial score (nSPS) is 16.6. The maximum Gasteiger partial charge on any atom is 0.262 e. The molecular weight excluding hydrogens is 248 g/mol. The van der Waals surface area contributed by atoms with Gasteiger partial charge < -0.3 is 5.32 Å². The largest absolute Gasteiger partial charge is 0.312 e. The molecule has 20 heavy (non-hydrogen) atoms. The number of benzene rings is 2. The zero-order valence-corrected chi connectivity index (χ0v) is 11.3. The zero-order valence-electron chi connectivity index (χ0n) is 11.3. The molecule has 1 aliphatic heterocycles. The molecule has 0 atom stereocenters. The topological polar surface area (TPSA) is 41.5 Å². The van der Waals surface area contributed by atoms with Crippen LogP contribution in [0.15, 0.2) is 65.7 Å². The summed E-state index contributed by atoms with van der Waals surface area (Å²) in [5, 5.41) is 2.90. The number of nitrogens with zero attached hydrogens (tertiary/aromatic N) is 1. The van der Waals surface area contributed by atoms with Crippen LogP contribution in [0.2, 0.25) is 0 Å². The molecule has 1 amide bonds. The Morgan fingerprint density at radius 1 is 0.950 bits per heavy atom. The van der Waals surface area contributed by atoms with E-state index in [-0.39, 0.29) is 5.91 Å². The Kier molecular flexibility index (Phi) is 3.11. The second kappa shape index (κ2) is 4.93. The highest BCUT2D eigenvalue weighted by Crippen LogP contribution is 2.37. The molecule has 1 N–H and O–H groups in total. The minimum atomic E-state index is -0.951. The standard InChI is InChI=1S/C17H16N2O/c1-2-15-18-16(20)17(19-15,13-9-5-3-6-10-13)14-11-7-4-8-12-14/h3-12H,2H2,1H3,(H,18,19,20). The van der Waals surface area contributed by atoms with Gasteiger partial charge in [-0.3, -0.25) is 4.79 Å². The predicted molar refractivity (Wildman–Crippen MR) is 79.5 cm³/mol. The Balaban J connectivity index is 2.25. The molecule has 3 rings (SSSR count). The summed E-state index contributed by atoms with van der Waals surface area (Å²) in [4.78, 5) is 17.4. The molecule has 0 fully saturated rings. The fraction of sp³-hybridized carbons (Fsp3) is 0.176. The number of carbonyl (C=O) groups excluding carboxylic acids is 1. The highest BCUT2D eigenvalue weighted by atomic mass is 16.2. The van der Waals surface area contributed by atoms with Crippen LogP contribution in [-0.2, 0) is 10.3 Å². The van der Waals surface area contributed by atoms with E-state index < -0.39 is 5.54 Å². The minimum absolute atomic E-state index is 0.0771. The molecule has 1 aliphatic rings. The molecule has 0 aliphatic carbocycles. The number of aliphatic imine (C=N–C) groups is 1. The summed E-state index contributed by atoms with van der Waals surface area (Å²) in [7, 11) is 0. The fourth-order valence-electron chi connectivity index (χ4n) is 2.59. The van der Waals surface area contributed by atoms with Crippen LogP contribution in [0.4, 0.5) is 0 Å². The Morgan fingerprint density at radius 3 is 1.85 bits per heavy atom. The Hall–Kier alpha value is -2.42. The lowest BCUT2D eigenvalue weighted by Crippen LogP contribution is -2.38. The maximum atomic E-state index is 12.6. The van der Waals surface area contributed by atoms with Crippen LogP contribution in [-0.4, -0.2) is 11.7 Å². The van der Waals surface area contributed by atoms with Crippen molar-refractivity contribution in [3.63, 3.8) is 0 Å². The van der Waals surface area contributed by atoms with Crippen LogP contribution >= 0.6 is 0 Å². The summed E-state index contributed by atoms with van der Waals surface area (Å²) >= 11 is 0. The van der Waals surface area contributed by atoms with Crippen molar-refractivity contribution >= 4 is 11.7 Å². The van der Waals surface area contributed by atoms with Gasteiger partial charge in [-0.2, -0.15) is 0 Å². The first-order chi connectivity index (χ1) is 9.77. The minimum Gasteiger partial charge on any atom is -0.312 e. The quantitative estimate of drug-likeness (QED) is 0.910. The van der Waals surface area contributed by atoms with Crippen molar-refractivity contribution in [1.82, 2.24) is 5.32 Å². The maximum absolute atomic E-state index is 12.6. The van der Waals surface area contributed by atoms with Crippen molar-refractivity contribution in [2.24, 2.45) is 4.99 Å². The van der Waals surface area contributed by atoms with Gasteiger partial charge in [-0.15, -0.1) is 0 Å². The second-order valence-corrected chi connectivity index (χ2v) is 4.81. The molecule has 0 bridgehead atoms. The first kappa shape index (κ1) is 12.6. The van der Waals surface area contributed by atoms with E-state index in [2.05, 4.69) is 5.32 Å². The van der Waals surface area contributed by atoms with Crippen LogP contribution in [0.5, 0.6) is 0 Å². The van der Waals surface area contributed by atoms with E-state index >= 15 is 0 Å². The van der Waals surface area contributed by atoms with Crippen molar-refractivity contribution in [2.75, 3.05) is 0 Å². The van der Waals surface area contributed by atoms with Gasteiger partial charge in [0.2, 0.25) is 0 Å². The first-order valence-electron chi connectivity index (χ1n) is 6.78. The molecule has 100 valence electrons. The number of amides is 1. The van der Waals surface area contributed by atoms with E-state index in [1.807, 2.05) is 67.6 Å². The predicted octanol–water partition coefficient (Wildman–Crippen LogP) is 2.87. The van der Waals surface area contributed by atoms with E-state index in [0.717, 1.165) is 17.0 Å². The fourth-order valence-corrected chi connectivity index (χ4v) is 2.59. The molecule has 0 saturated heterocycles. The van der Waals surface area contributed by atoms with E-state index in [1.165, 1.54) is 0 Å². The third-order valence-electron chi connectivity index (χ3n) is 3.61. The lowest BCUT2D eigenvalue weighted by molar-refractivity contribution is -0.122. The number of carbonyl (C=O) groups is 1. The molecule has 0 aromatic heterocycles. The SMILES string of the molecule is CCC1=NC(c2ccccc2)(c2ccccc2)C(=O)N1. The van der Waals surface area contributed by atoms with E-state index in [9.17, 15) is 4.79 Å². The molecule has 2 aromatic rings. The number of amidine groups is 1. The summed E-state index contributed by atoms with van der Waals surface area (Å²) in [5.74, 6) is 0.662. The molecule has 0 radical (unpaired) electrons. The van der Waals surface area contributed by atoms with Gasteiger partial charge in [0.15, 0.2) is 5.54 Å². The summed E-state index contributed by atoms with van der Waals surface area (Å²) in [6.07, 6.45) is 0.715. The van der Waals surface area contributed by atoms with Crippen LogP contribution < -0.4 is 5.32 Å². The van der Waals surface area contributed by atoms with Crippen molar-refractivity contribution in [1.29, 1.82) is 0 Å². The monoisotopic (exact) mass is 264 g/mol. The van der Waals surface area contributed by atoms with Crippen LogP contribution in [0, 0.1) is 0 Å². The molecule has 0 unspecified atom stereocenters. The third-order valence-corrected chi connectivity index (χ3v) is 3.61. The average Bonchev–Trinajstić information content (AvgIpc) is 2.87. The molecule has 0 spiro atoms. The highest BCUT2D eigenvalue weighted by Gasteiger charge is 2.46. The van der Waals surface area contributed by atoms with Crippen molar-refractivity contribution in [3.8, 4) is 0 Å². The third kappa shape index (κ3) is 1.83. The molecule has 1 heterocycles. The second-order valence-electron chi connectivity index (χ2n) is 4.81. The molecule has 0 saturated carbocycles. The lowest BCUT2D eigenvalue weighted by atomic mass is 9.83. The smallest absolute Gasteiger partial charge is 0.262 e. The van der Waals surface area contributed by atoms with Gasteiger partial charge in [0.25, 0.3) is 5.91 Å². The molecule has 2 aromatic carbocycles. The number of rotatable bonds is 3. The summed E-state index contributed by atoms with van der Waals surface area (Å²) in [6.45, 7) is 1.99. The van der Waals surface area contributed by atoms with E-state index in [4.69, 9.17) is 4.99 Å². The number of nitrogens with one attached hydrogen (secondary N) is 1. The Bertz CT molecular complexity index is 608. The van der Waals surface area contributed by atoms with Gasteiger partial charge in [-0.1, -0.05) is 67.6 Å². The summed E-state index contributed by atoms with van der Waals surface area (Å²) in [5.41, 5.74) is 0.840. The number of hydrogen-bond donors (Lipinski definition) is 1.